The highest BCUT2D eigenvalue weighted by Crippen LogP contribution is 2.04. The molecule has 0 fully saturated rings. The molecule has 0 radical (unpaired) electrons. The Bertz CT molecular complexity index is 422. The molecule has 14 heavy (non-hydrogen) atoms. The molecule has 0 saturated heterocycles. The molecule has 0 bridgehead atoms. The van der Waals surface area contributed by atoms with Gasteiger partial charge in [-0.1, -0.05) is 5.18 Å². The summed E-state index contributed by atoms with van der Waals surface area (Å²) in [5.74, 6) is 0. The van der Waals surface area contributed by atoms with E-state index in [1.165, 1.54) is 20.3 Å². The van der Waals surface area contributed by atoms with Crippen LogP contribution in [0.15, 0.2) is 17.7 Å². The van der Waals surface area contributed by atoms with Gasteiger partial charge in [0, 0.05) is 20.3 Å². The third kappa shape index (κ3) is 1.96. The van der Waals surface area contributed by atoms with Crippen LogP contribution in [0.1, 0.15) is 5.69 Å². The zero-order valence-corrected chi connectivity index (χ0v) is 8.60. The summed E-state index contributed by atoms with van der Waals surface area (Å²) in [5, 5.41) is 2.61. The summed E-state index contributed by atoms with van der Waals surface area (Å²) in [6, 6.07) is 0. The minimum atomic E-state index is -3.53. The second-order valence-electron chi connectivity index (χ2n) is 2.77. The van der Waals surface area contributed by atoms with Gasteiger partial charge in [0.25, 0.3) is 0 Å². The van der Waals surface area contributed by atoms with Crippen LogP contribution in [-0.4, -0.2) is 35.8 Å². The van der Waals surface area contributed by atoms with Gasteiger partial charge in [-0.25, -0.2) is 8.96 Å². The Hall–Kier alpha value is -1.28. The fourth-order valence-electron chi connectivity index (χ4n) is 0.807. The van der Waals surface area contributed by atoms with Crippen molar-refractivity contribution in [3.05, 3.63) is 23.1 Å². The maximum atomic E-state index is 11.5. The van der Waals surface area contributed by atoms with Crippen molar-refractivity contribution >= 4 is 10.2 Å². The van der Waals surface area contributed by atoms with E-state index in [1.807, 2.05) is 0 Å². The molecule has 0 aliphatic carbocycles. The van der Waals surface area contributed by atoms with Gasteiger partial charge in [-0.15, -0.1) is 0 Å². The zero-order chi connectivity index (χ0) is 10.8. The molecule has 0 atom stereocenters. The topological polar surface area (TPSA) is 84.6 Å². The summed E-state index contributed by atoms with van der Waals surface area (Å²) in [6.07, 6.45) is 2.40. The lowest BCUT2D eigenvalue weighted by atomic mass is 10.5. The van der Waals surface area contributed by atoms with Gasteiger partial charge in [-0.05, 0) is 0 Å². The monoisotopic (exact) mass is 218 g/mol. The fourth-order valence-corrected chi connectivity index (χ4v) is 1.61. The average molecular weight is 218 g/mol. The SMILES string of the molecule is CN(C)S(=O)(=O)n1cnc(CN=O)c1. The van der Waals surface area contributed by atoms with Crippen molar-refractivity contribution in [1.29, 1.82) is 0 Å². The summed E-state index contributed by atoms with van der Waals surface area (Å²) in [7, 11) is -0.711. The van der Waals surface area contributed by atoms with Gasteiger partial charge in [-0.3, -0.25) is 0 Å². The second kappa shape index (κ2) is 3.84. The minimum absolute atomic E-state index is 0.129. The van der Waals surface area contributed by atoms with Crippen molar-refractivity contribution in [2.45, 2.75) is 6.54 Å². The zero-order valence-electron chi connectivity index (χ0n) is 7.78. The molecule has 1 rings (SSSR count). The van der Waals surface area contributed by atoms with Crippen LogP contribution >= 0.6 is 0 Å². The van der Waals surface area contributed by atoms with E-state index in [0.29, 0.717) is 5.69 Å². The van der Waals surface area contributed by atoms with E-state index in [9.17, 15) is 13.3 Å². The highest BCUT2D eigenvalue weighted by Gasteiger charge is 2.16. The number of nitroso groups, excluding NO2 is 1. The van der Waals surface area contributed by atoms with Crippen molar-refractivity contribution in [2.24, 2.45) is 5.18 Å². The molecular formula is C6H10N4O3S. The van der Waals surface area contributed by atoms with Crippen molar-refractivity contribution in [2.75, 3.05) is 14.1 Å². The first-order valence-corrected chi connectivity index (χ1v) is 5.13. The Labute approximate surface area is 81.5 Å². The van der Waals surface area contributed by atoms with Crippen molar-refractivity contribution < 1.29 is 8.42 Å². The number of hydrogen-bond donors (Lipinski definition) is 0. The maximum absolute atomic E-state index is 11.5. The highest BCUT2D eigenvalue weighted by molar-refractivity contribution is 7.87. The summed E-state index contributed by atoms with van der Waals surface area (Å²) in [5.41, 5.74) is 0.324. The smallest absolute Gasteiger partial charge is 0.239 e. The molecule has 0 aliphatic heterocycles. The predicted octanol–water partition coefficient (Wildman–Crippen LogP) is -0.196. The van der Waals surface area contributed by atoms with Crippen molar-refractivity contribution in [3.8, 4) is 0 Å². The first-order chi connectivity index (χ1) is 6.48. The summed E-state index contributed by atoms with van der Waals surface area (Å²) in [6.45, 7) is -0.129. The second-order valence-corrected chi connectivity index (χ2v) is 4.82. The Morgan fingerprint density at radius 3 is 2.71 bits per heavy atom. The third-order valence-electron chi connectivity index (χ3n) is 1.57. The van der Waals surface area contributed by atoms with Gasteiger partial charge < -0.3 is 0 Å². The third-order valence-corrected chi connectivity index (χ3v) is 3.22. The highest BCUT2D eigenvalue weighted by atomic mass is 32.2. The first kappa shape index (κ1) is 10.8. The molecule has 1 aromatic heterocycles. The molecule has 1 aromatic rings. The number of nitrogens with zero attached hydrogens (tertiary/aromatic N) is 4. The Kier molecular flexibility index (Phi) is 2.96. The largest absolute Gasteiger partial charge is 0.308 e. The normalized spacial score (nSPS) is 11.9. The standard InChI is InChI=1S/C6H10N4O3S/c1-9(2)14(12,13)10-4-6(3-8-11)7-5-10/h4-5H,3H2,1-2H3. The molecule has 0 aliphatic rings. The summed E-state index contributed by atoms with van der Waals surface area (Å²) in [4.78, 5) is 13.6. The van der Waals surface area contributed by atoms with E-state index in [0.717, 1.165) is 14.6 Å². The van der Waals surface area contributed by atoms with E-state index in [-0.39, 0.29) is 6.54 Å². The maximum Gasteiger partial charge on any atom is 0.308 e. The van der Waals surface area contributed by atoms with Crippen LogP contribution in [0.25, 0.3) is 0 Å². The number of imidazole rings is 1. The molecular weight excluding hydrogens is 208 g/mol. The van der Waals surface area contributed by atoms with E-state index in [1.54, 1.807) is 0 Å². The van der Waals surface area contributed by atoms with Gasteiger partial charge in [-0.2, -0.15) is 17.6 Å². The quantitative estimate of drug-likeness (QED) is 0.655. The van der Waals surface area contributed by atoms with Crippen LogP contribution < -0.4 is 0 Å². The fraction of sp³-hybridized carbons (Fsp3) is 0.500. The van der Waals surface area contributed by atoms with Gasteiger partial charge in [0.2, 0.25) is 0 Å². The van der Waals surface area contributed by atoms with Gasteiger partial charge in [0.15, 0.2) is 0 Å². The van der Waals surface area contributed by atoms with Crippen LogP contribution in [0.5, 0.6) is 0 Å². The van der Waals surface area contributed by atoms with Gasteiger partial charge in [0.1, 0.15) is 12.9 Å². The first-order valence-electron chi connectivity index (χ1n) is 3.73. The van der Waals surface area contributed by atoms with E-state index < -0.39 is 10.2 Å². The lowest BCUT2D eigenvalue weighted by molar-refractivity contribution is 0.510. The molecule has 1 heterocycles. The molecule has 0 saturated carbocycles. The number of hydrogen-bond acceptors (Lipinski definition) is 5. The van der Waals surface area contributed by atoms with E-state index in [2.05, 4.69) is 10.2 Å². The lowest BCUT2D eigenvalue weighted by Crippen LogP contribution is -2.27. The lowest BCUT2D eigenvalue weighted by Gasteiger charge is -2.10. The molecule has 0 amide bonds. The van der Waals surface area contributed by atoms with Crippen LogP contribution in [0.3, 0.4) is 0 Å². The predicted molar refractivity (Wildman–Crippen MR) is 49.7 cm³/mol. The molecule has 0 unspecified atom stereocenters. The summed E-state index contributed by atoms with van der Waals surface area (Å²) < 4.78 is 25.0. The molecule has 7 nitrogen and oxygen atoms in total. The molecule has 8 heteroatoms. The van der Waals surface area contributed by atoms with Crippen molar-refractivity contribution in [1.82, 2.24) is 13.3 Å². The van der Waals surface area contributed by atoms with Crippen molar-refractivity contribution in [3.63, 3.8) is 0 Å². The van der Waals surface area contributed by atoms with E-state index in [4.69, 9.17) is 0 Å². The summed E-state index contributed by atoms with van der Waals surface area (Å²) >= 11 is 0. The average Bonchev–Trinajstić information content (AvgIpc) is 2.53. The Balaban J connectivity index is 3.03. The molecule has 0 N–H and O–H groups in total. The Morgan fingerprint density at radius 1 is 1.57 bits per heavy atom. The number of aromatic nitrogens is 2. The van der Waals surface area contributed by atoms with Gasteiger partial charge >= 0.3 is 10.2 Å². The minimum Gasteiger partial charge on any atom is -0.239 e. The van der Waals surface area contributed by atoms with E-state index >= 15 is 0 Å². The van der Waals surface area contributed by atoms with Crippen LogP contribution in [0, 0.1) is 4.91 Å². The van der Waals surface area contributed by atoms with Crippen LogP contribution in [-0.2, 0) is 16.8 Å². The van der Waals surface area contributed by atoms with Crippen LogP contribution in [0.4, 0.5) is 0 Å². The molecule has 0 spiro atoms. The number of rotatable bonds is 4. The van der Waals surface area contributed by atoms with Gasteiger partial charge in [0.05, 0.1) is 5.69 Å². The molecule has 0 aromatic carbocycles. The Morgan fingerprint density at radius 2 is 2.21 bits per heavy atom. The van der Waals surface area contributed by atoms with Crippen LogP contribution in [0.2, 0.25) is 0 Å². The molecule has 78 valence electrons.